The predicted molar refractivity (Wildman–Crippen MR) is 282 cm³/mol. The summed E-state index contributed by atoms with van der Waals surface area (Å²) in [5, 5.41) is 11.7. The van der Waals surface area contributed by atoms with Gasteiger partial charge in [0, 0.05) is 19.3 Å². The van der Waals surface area contributed by atoms with Gasteiger partial charge in [-0.25, -0.2) is 0 Å². The molecule has 0 N–H and O–H groups in total. The quantitative estimate of drug-likeness (QED) is 0.0259. The van der Waals surface area contributed by atoms with E-state index in [9.17, 15) is 19.5 Å². The highest BCUT2D eigenvalue weighted by Gasteiger charge is 2.25. The van der Waals surface area contributed by atoms with Crippen molar-refractivity contribution in [1.82, 2.24) is 0 Å². The molecule has 0 aromatic heterocycles. The van der Waals surface area contributed by atoms with Gasteiger partial charge >= 0.3 is 11.9 Å². The highest BCUT2D eigenvalue weighted by Crippen LogP contribution is 2.14. The Hall–Kier alpha value is -3.49. The standard InChI is InChI=1S/C59H101NO7/c1-6-8-10-12-14-16-18-20-22-24-26-28-30-32-34-36-38-40-42-44-46-48-50-58(62)67-55(53-65-52-51-56(59(63)64)60(3,4)5)54-66-57(61)49-47-45-43-41-39-37-35-33-31-29-27-25-23-21-19-17-15-13-11-9-7-2/h15,17,21,23-24,26-27,29-30,32-33,35,39,41,55-56H,6-14,16,18-20,22,25,28,31,34,36-38,40,42-54H2,1-5H3/b17-15+,23-21+,26-24+,29-27+,32-30+,35-33+,41-39+. The minimum atomic E-state index is -1.13. The molecule has 0 rings (SSSR count). The molecule has 2 atom stereocenters. The number of unbranched alkanes of at least 4 members (excludes halogenated alkanes) is 20. The average Bonchev–Trinajstić information content (AvgIpc) is 3.29. The Morgan fingerprint density at radius 3 is 1.22 bits per heavy atom. The number of carboxylic acids is 1. The molecule has 0 spiro atoms. The van der Waals surface area contributed by atoms with E-state index in [-0.39, 0.29) is 49.1 Å². The SMILES string of the molecule is CCCCC/C=C/C/C=C/C/C=C/C/C=C/C/C=C/CCCCC(=O)OCC(COCCC(C(=O)[O-])[N+](C)(C)C)OC(=O)CCCCCCCCC/C=C/C/C=C/CCCCCCCCCC. The van der Waals surface area contributed by atoms with Gasteiger partial charge < -0.3 is 28.6 Å². The second-order valence-corrected chi connectivity index (χ2v) is 19.1. The van der Waals surface area contributed by atoms with Crippen LogP contribution in [0.1, 0.15) is 219 Å². The smallest absolute Gasteiger partial charge is 0.306 e. The number of quaternary nitrogens is 1. The molecular formula is C59H101NO7. The summed E-state index contributed by atoms with van der Waals surface area (Å²) in [6.07, 6.45) is 64.8. The van der Waals surface area contributed by atoms with E-state index in [0.717, 1.165) is 77.0 Å². The zero-order valence-corrected chi connectivity index (χ0v) is 43.8. The summed E-state index contributed by atoms with van der Waals surface area (Å²) in [6, 6.07) is -0.739. The first kappa shape index (κ1) is 63.5. The van der Waals surface area contributed by atoms with Crippen molar-refractivity contribution in [3.05, 3.63) is 85.1 Å². The second-order valence-electron chi connectivity index (χ2n) is 19.1. The predicted octanol–water partition coefficient (Wildman–Crippen LogP) is 14.7. The van der Waals surface area contributed by atoms with Crippen molar-refractivity contribution >= 4 is 17.9 Å². The fourth-order valence-corrected chi connectivity index (χ4v) is 7.53. The van der Waals surface area contributed by atoms with Crippen LogP contribution in [0.4, 0.5) is 0 Å². The second kappa shape index (κ2) is 48.9. The van der Waals surface area contributed by atoms with Crippen LogP contribution in [0.2, 0.25) is 0 Å². The fraction of sp³-hybridized carbons (Fsp3) is 0.712. The minimum Gasteiger partial charge on any atom is -0.544 e. The van der Waals surface area contributed by atoms with Crippen LogP contribution >= 0.6 is 0 Å². The average molecular weight is 936 g/mol. The summed E-state index contributed by atoms with van der Waals surface area (Å²) in [5.41, 5.74) is 0. The minimum absolute atomic E-state index is 0.0193. The molecule has 0 aliphatic rings. The van der Waals surface area contributed by atoms with Gasteiger partial charge in [-0.05, 0) is 96.3 Å². The monoisotopic (exact) mass is 936 g/mol. The third kappa shape index (κ3) is 47.4. The molecule has 8 nitrogen and oxygen atoms in total. The summed E-state index contributed by atoms with van der Waals surface area (Å²) in [7, 11) is 5.40. The number of allylic oxidation sites excluding steroid dienone is 14. The van der Waals surface area contributed by atoms with Crippen molar-refractivity contribution in [1.29, 1.82) is 0 Å². The molecule has 8 heteroatoms. The summed E-state index contributed by atoms with van der Waals surface area (Å²) >= 11 is 0. The zero-order valence-electron chi connectivity index (χ0n) is 43.8. The number of carbonyl (C=O) groups excluding carboxylic acids is 3. The van der Waals surface area contributed by atoms with Gasteiger partial charge in [-0.15, -0.1) is 0 Å². The first-order valence-corrected chi connectivity index (χ1v) is 27.1. The van der Waals surface area contributed by atoms with Crippen LogP contribution in [-0.4, -0.2) is 75.5 Å². The van der Waals surface area contributed by atoms with Crippen molar-refractivity contribution < 1.29 is 38.2 Å². The molecule has 67 heavy (non-hydrogen) atoms. The Kier molecular flexibility index (Phi) is 46.4. The Balaban J connectivity index is 4.33. The topological polar surface area (TPSA) is 102 Å². The van der Waals surface area contributed by atoms with E-state index in [1.54, 1.807) is 21.1 Å². The summed E-state index contributed by atoms with van der Waals surface area (Å²) in [5.74, 6) is -1.80. The van der Waals surface area contributed by atoms with Gasteiger partial charge in [0.1, 0.15) is 12.6 Å². The van der Waals surface area contributed by atoms with Gasteiger partial charge in [0.25, 0.3) is 0 Å². The lowest BCUT2D eigenvalue weighted by Crippen LogP contribution is -2.55. The molecule has 0 aliphatic heterocycles. The van der Waals surface area contributed by atoms with Crippen molar-refractivity contribution in [2.75, 3.05) is 41.0 Å². The van der Waals surface area contributed by atoms with Gasteiger partial charge in [-0.3, -0.25) is 9.59 Å². The largest absolute Gasteiger partial charge is 0.544 e. The van der Waals surface area contributed by atoms with E-state index in [2.05, 4.69) is 98.9 Å². The van der Waals surface area contributed by atoms with Crippen LogP contribution in [0.5, 0.6) is 0 Å². The van der Waals surface area contributed by atoms with Crippen molar-refractivity contribution in [2.45, 2.75) is 231 Å². The Bertz CT molecular complexity index is 1370. The highest BCUT2D eigenvalue weighted by atomic mass is 16.6. The molecule has 0 aromatic rings. The summed E-state index contributed by atoms with van der Waals surface area (Å²) in [4.78, 5) is 37.1. The molecule has 0 aliphatic carbocycles. The number of aliphatic carboxylic acids is 1. The lowest BCUT2D eigenvalue weighted by molar-refractivity contribution is -0.889. The Morgan fingerprint density at radius 2 is 0.791 bits per heavy atom. The highest BCUT2D eigenvalue weighted by molar-refractivity contribution is 5.70. The summed E-state index contributed by atoms with van der Waals surface area (Å²) < 4.78 is 17.2. The molecule has 0 aromatic carbocycles. The van der Waals surface area contributed by atoms with E-state index in [1.165, 1.54) is 103 Å². The molecule has 0 saturated heterocycles. The molecule has 0 heterocycles. The Morgan fingerprint density at radius 1 is 0.448 bits per heavy atom. The fourth-order valence-electron chi connectivity index (χ4n) is 7.53. The van der Waals surface area contributed by atoms with E-state index in [1.807, 2.05) is 0 Å². The molecule has 0 fully saturated rings. The van der Waals surface area contributed by atoms with Gasteiger partial charge in [-0.2, -0.15) is 0 Å². The van der Waals surface area contributed by atoms with Crippen LogP contribution in [0.15, 0.2) is 85.1 Å². The van der Waals surface area contributed by atoms with Crippen LogP contribution in [0.25, 0.3) is 0 Å². The maximum Gasteiger partial charge on any atom is 0.306 e. The van der Waals surface area contributed by atoms with E-state index < -0.39 is 18.1 Å². The maximum absolute atomic E-state index is 12.8. The molecule has 0 radical (unpaired) electrons. The third-order valence-electron chi connectivity index (χ3n) is 11.8. The van der Waals surface area contributed by atoms with Crippen molar-refractivity contribution in [2.24, 2.45) is 0 Å². The zero-order chi connectivity index (χ0) is 49.2. The number of hydrogen-bond donors (Lipinski definition) is 0. The number of likely N-dealkylation sites (N-methyl/N-ethyl adjacent to an activating group) is 1. The van der Waals surface area contributed by atoms with Crippen LogP contribution in [-0.2, 0) is 28.6 Å². The molecule has 0 bridgehead atoms. The number of ether oxygens (including phenoxy) is 3. The van der Waals surface area contributed by atoms with Crippen molar-refractivity contribution in [3.8, 4) is 0 Å². The Labute approximate surface area is 412 Å². The molecule has 0 saturated carbocycles. The normalized spacial score (nSPS) is 13.5. The lowest BCUT2D eigenvalue weighted by atomic mass is 10.1. The third-order valence-corrected chi connectivity index (χ3v) is 11.8. The first-order valence-electron chi connectivity index (χ1n) is 27.1. The molecular weight excluding hydrogens is 835 g/mol. The number of carboxylic acid groups (broad SMARTS) is 1. The van der Waals surface area contributed by atoms with Crippen molar-refractivity contribution in [3.63, 3.8) is 0 Å². The van der Waals surface area contributed by atoms with Crippen LogP contribution in [0, 0.1) is 0 Å². The molecule has 2 unspecified atom stereocenters. The number of nitrogens with zero attached hydrogens (tertiary/aromatic N) is 1. The number of hydrogen-bond acceptors (Lipinski definition) is 7. The van der Waals surface area contributed by atoms with Gasteiger partial charge in [-0.1, -0.05) is 189 Å². The van der Waals surface area contributed by atoms with Crippen LogP contribution in [0.3, 0.4) is 0 Å². The van der Waals surface area contributed by atoms with Gasteiger partial charge in [0.15, 0.2) is 6.10 Å². The maximum atomic E-state index is 12.8. The van der Waals surface area contributed by atoms with Gasteiger partial charge in [0.05, 0.1) is 40.3 Å². The lowest BCUT2D eigenvalue weighted by Gasteiger charge is -2.34. The van der Waals surface area contributed by atoms with E-state index >= 15 is 0 Å². The number of esters is 2. The first-order chi connectivity index (χ1) is 32.6. The van der Waals surface area contributed by atoms with Crippen LogP contribution < -0.4 is 5.11 Å². The number of carbonyl (C=O) groups is 3. The summed E-state index contributed by atoms with van der Waals surface area (Å²) in [6.45, 7) is 4.59. The van der Waals surface area contributed by atoms with Gasteiger partial charge in [0.2, 0.25) is 0 Å². The molecule has 384 valence electrons. The van der Waals surface area contributed by atoms with E-state index in [4.69, 9.17) is 14.2 Å². The number of rotatable bonds is 48. The molecule has 0 amide bonds. The van der Waals surface area contributed by atoms with E-state index in [0.29, 0.717) is 12.8 Å².